The number of piperidine rings is 1. The van der Waals surface area contributed by atoms with Gasteiger partial charge >= 0.3 is 6.09 Å². The fraction of sp³-hybridized carbons (Fsp3) is 0.478. The fourth-order valence-electron chi connectivity index (χ4n) is 3.46. The minimum absolute atomic E-state index is 0.100. The molecule has 1 aliphatic heterocycles. The number of amides is 1. The molecule has 32 heavy (non-hydrogen) atoms. The molecule has 2 aromatic rings. The summed E-state index contributed by atoms with van der Waals surface area (Å²) in [4.78, 5) is 26.8. The van der Waals surface area contributed by atoms with Crippen molar-refractivity contribution in [3.63, 3.8) is 0 Å². The van der Waals surface area contributed by atoms with Gasteiger partial charge in [-0.2, -0.15) is 0 Å². The van der Waals surface area contributed by atoms with E-state index in [2.05, 4.69) is 0 Å². The number of sulfone groups is 1. The van der Waals surface area contributed by atoms with Crippen LogP contribution in [0.3, 0.4) is 0 Å². The number of pyridine rings is 1. The second kappa shape index (κ2) is 8.97. The Balaban J connectivity index is 1.68. The monoisotopic (exact) mass is 462 g/mol. The van der Waals surface area contributed by atoms with Gasteiger partial charge in [-0.3, -0.25) is 9.36 Å². The molecular formula is C23H30N2O6S. The highest BCUT2D eigenvalue weighted by Gasteiger charge is 2.28. The second-order valence-corrected chi connectivity index (χ2v) is 11.1. The highest BCUT2D eigenvalue weighted by atomic mass is 32.2. The zero-order valence-corrected chi connectivity index (χ0v) is 19.9. The molecule has 8 nitrogen and oxygen atoms in total. The molecule has 0 bridgehead atoms. The quantitative estimate of drug-likeness (QED) is 0.692. The van der Waals surface area contributed by atoms with Gasteiger partial charge in [-0.1, -0.05) is 0 Å². The summed E-state index contributed by atoms with van der Waals surface area (Å²) >= 11 is 0. The summed E-state index contributed by atoms with van der Waals surface area (Å²) in [6, 6.07) is 7.61. The number of carbonyl (C=O) groups excluding carboxylic acids is 1. The second-order valence-electron chi connectivity index (χ2n) is 9.08. The van der Waals surface area contributed by atoms with E-state index >= 15 is 0 Å². The predicted molar refractivity (Wildman–Crippen MR) is 121 cm³/mol. The van der Waals surface area contributed by atoms with Crippen molar-refractivity contribution in [2.24, 2.45) is 0 Å². The van der Waals surface area contributed by atoms with Crippen LogP contribution in [0.1, 0.15) is 39.2 Å². The largest absolute Gasteiger partial charge is 0.490 e. The Morgan fingerprint density at radius 1 is 1.09 bits per heavy atom. The maximum Gasteiger partial charge on any atom is 0.410 e. The number of rotatable bonds is 4. The van der Waals surface area contributed by atoms with Crippen LogP contribution >= 0.6 is 0 Å². The number of ether oxygens (including phenoxy) is 2. The Morgan fingerprint density at radius 3 is 2.22 bits per heavy atom. The van der Waals surface area contributed by atoms with E-state index in [9.17, 15) is 18.0 Å². The number of hydrogen-bond acceptors (Lipinski definition) is 6. The van der Waals surface area contributed by atoms with Crippen LogP contribution < -0.4 is 10.3 Å². The summed E-state index contributed by atoms with van der Waals surface area (Å²) in [5.41, 5.74) is 0.550. The molecule has 2 heterocycles. The molecule has 1 saturated heterocycles. The van der Waals surface area contributed by atoms with Gasteiger partial charge in [-0.15, -0.1) is 0 Å². The highest BCUT2D eigenvalue weighted by molar-refractivity contribution is 7.90. The average molecular weight is 463 g/mol. The third-order valence-corrected chi connectivity index (χ3v) is 6.26. The van der Waals surface area contributed by atoms with Gasteiger partial charge in [-0.05, 0) is 52.0 Å². The average Bonchev–Trinajstić information content (AvgIpc) is 2.69. The predicted octanol–water partition coefficient (Wildman–Crippen LogP) is 3.33. The van der Waals surface area contributed by atoms with E-state index in [4.69, 9.17) is 9.47 Å². The van der Waals surface area contributed by atoms with E-state index in [1.165, 1.54) is 22.8 Å². The normalized spacial score (nSPS) is 15.5. The Morgan fingerprint density at radius 2 is 1.69 bits per heavy atom. The molecule has 3 rings (SSSR count). The molecule has 1 fully saturated rings. The summed E-state index contributed by atoms with van der Waals surface area (Å²) < 4.78 is 36.2. The lowest BCUT2D eigenvalue weighted by Crippen LogP contribution is -2.44. The first-order chi connectivity index (χ1) is 14.8. The lowest BCUT2D eigenvalue weighted by atomic mass is 10.1. The first-order valence-corrected chi connectivity index (χ1v) is 12.4. The number of carbonyl (C=O) groups is 1. The molecule has 174 valence electrons. The number of aromatic nitrogens is 1. The Bertz CT molecular complexity index is 1140. The van der Waals surface area contributed by atoms with Crippen LogP contribution in [-0.4, -0.2) is 55.0 Å². The third kappa shape index (κ3) is 5.91. The molecule has 0 N–H and O–H groups in total. The van der Waals surface area contributed by atoms with Crippen molar-refractivity contribution in [2.75, 3.05) is 19.3 Å². The molecule has 0 radical (unpaired) electrons. The van der Waals surface area contributed by atoms with Crippen LogP contribution in [0.5, 0.6) is 5.75 Å². The van der Waals surface area contributed by atoms with E-state index in [-0.39, 0.29) is 22.7 Å². The van der Waals surface area contributed by atoms with Gasteiger partial charge in [0.2, 0.25) is 0 Å². The topological polar surface area (TPSA) is 94.9 Å². The van der Waals surface area contributed by atoms with E-state index < -0.39 is 15.4 Å². The van der Waals surface area contributed by atoms with Gasteiger partial charge < -0.3 is 14.4 Å². The lowest BCUT2D eigenvalue weighted by Gasteiger charge is -2.33. The van der Waals surface area contributed by atoms with Gasteiger partial charge in [0.25, 0.3) is 5.56 Å². The Hall–Kier alpha value is -2.81. The first kappa shape index (κ1) is 23.8. The molecule has 0 spiro atoms. The van der Waals surface area contributed by atoms with Gasteiger partial charge in [-0.25, -0.2) is 13.2 Å². The molecule has 1 aliphatic rings. The molecule has 1 aromatic carbocycles. The van der Waals surface area contributed by atoms with E-state index in [0.29, 0.717) is 37.4 Å². The Kier molecular flexibility index (Phi) is 6.69. The summed E-state index contributed by atoms with van der Waals surface area (Å²) in [7, 11) is -3.30. The number of aryl methyl sites for hydroxylation is 1. The summed E-state index contributed by atoms with van der Waals surface area (Å²) in [5.74, 6) is 0.509. The highest BCUT2D eigenvalue weighted by Crippen LogP contribution is 2.23. The van der Waals surface area contributed by atoms with Crippen LogP contribution in [0.4, 0.5) is 4.79 Å². The molecule has 9 heteroatoms. The minimum Gasteiger partial charge on any atom is -0.490 e. The number of benzene rings is 1. The van der Waals surface area contributed by atoms with Crippen molar-refractivity contribution in [3.05, 3.63) is 52.4 Å². The molecule has 0 atom stereocenters. The summed E-state index contributed by atoms with van der Waals surface area (Å²) in [6.07, 6.45) is 3.70. The van der Waals surface area contributed by atoms with Gasteiger partial charge in [0.05, 0.1) is 4.90 Å². The van der Waals surface area contributed by atoms with Gasteiger partial charge in [0, 0.05) is 55.7 Å². The van der Waals surface area contributed by atoms with Gasteiger partial charge in [0.15, 0.2) is 9.84 Å². The minimum atomic E-state index is -3.30. The van der Waals surface area contributed by atoms with Crippen LogP contribution in [0, 0.1) is 6.92 Å². The SMILES string of the molecule is Cc1cn(-c2ccc(S(C)(=O)=O)cc2)c(=O)cc1OC1CCN(C(=O)OC(C)(C)C)CC1. The number of nitrogens with zero attached hydrogens (tertiary/aromatic N) is 2. The molecule has 0 unspecified atom stereocenters. The smallest absolute Gasteiger partial charge is 0.410 e. The van der Waals surface area contributed by atoms with Crippen LogP contribution in [0.2, 0.25) is 0 Å². The van der Waals surface area contributed by atoms with Crippen molar-refractivity contribution in [1.29, 1.82) is 0 Å². The Labute approximate surface area is 188 Å². The van der Waals surface area contributed by atoms with Crippen molar-refractivity contribution in [3.8, 4) is 11.4 Å². The maximum absolute atomic E-state index is 12.7. The van der Waals surface area contributed by atoms with E-state index in [1.807, 2.05) is 27.7 Å². The van der Waals surface area contributed by atoms with Crippen LogP contribution in [0.15, 0.2) is 46.2 Å². The summed E-state index contributed by atoms with van der Waals surface area (Å²) in [6.45, 7) is 8.43. The lowest BCUT2D eigenvalue weighted by molar-refractivity contribution is 0.0126. The zero-order chi connectivity index (χ0) is 23.7. The first-order valence-electron chi connectivity index (χ1n) is 10.5. The van der Waals surface area contributed by atoms with Crippen LogP contribution in [-0.2, 0) is 14.6 Å². The standard InChI is InChI=1S/C23H30N2O6S/c1-16-15-25(17-6-8-19(9-7-17)32(5,28)29)21(26)14-20(16)30-18-10-12-24(13-11-18)22(27)31-23(2,3)4/h6-9,14-15,18H,10-13H2,1-5H3. The molecule has 0 aliphatic carbocycles. The van der Waals surface area contributed by atoms with E-state index in [1.54, 1.807) is 23.2 Å². The molecule has 0 saturated carbocycles. The van der Waals surface area contributed by atoms with E-state index in [0.717, 1.165) is 11.8 Å². The third-order valence-electron chi connectivity index (χ3n) is 5.13. The van der Waals surface area contributed by atoms with Crippen molar-refractivity contribution < 1.29 is 22.7 Å². The molecule has 1 aromatic heterocycles. The number of hydrogen-bond donors (Lipinski definition) is 0. The van der Waals surface area contributed by atoms with Crippen molar-refractivity contribution in [2.45, 2.75) is 57.1 Å². The summed E-state index contributed by atoms with van der Waals surface area (Å²) in [5, 5.41) is 0. The van der Waals surface area contributed by atoms with Crippen molar-refractivity contribution >= 4 is 15.9 Å². The van der Waals surface area contributed by atoms with Gasteiger partial charge in [0.1, 0.15) is 17.5 Å². The number of likely N-dealkylation sites (tertiary alicyclic amines) is 1. The molecular weight excluding hydrogens is 432 g/mol. The zero-order valence-electron chi connectivity index (χ0n) is 19.1. The maximum atomic E-state index is 12.7. The fourth-order valence-corrected chi connectivity index (χ4v) is 4.09. The molecule has 1 amide bonds. The van der Waals surface area contributed by atoms with Crippen molar-refractivity contribution in [1.82, 2.24) is 9.47 Å². The van der Waals surface area contributed by atoms with Crippen LogP contribution in [0.25, 0.3) is 5.69 Å².